The molecule has 1 aromatic heterocycles. The van der Waals surface area contributed by atoms with Crippen LogP contribution in [0.3, 0.4) is 0 Å². The Morgan fingerprint density at radius 3 is 2.86 bits per heavy atom. The van der Waals surface area contributed by atoms with Crippen molar-refractivity contribution >= 4 is 5.96 Å². The average molecular weight is 307 g/mol. The number of pyridine rings is 1. The number of aliphatic imine (C=N–C) groups is 1. The summed E-state index contributed by atoms with van der Waals surface area (Å²) in [5.74, 6) is 0.840. The summed E-state index contributed by atoms with van der Waals surface area (Å²) >= 11 is 0. The van der Waals surface area contributed by atoms with E-state index >= 15 is 0 Å². The standard InChI is InChI=1S/C16H29N5O/c1-4-17-16(20-14-15-8-5-6-9-18-15)19-10-7-11-21(2)12-13-22-3/h5-6,8-9H,4,7,10-14H2,1-3H3,(H2,17,19,20). The number of nitrogens with zero attached hydrogens (tertiary/aromatic N) is 3. The SMILES string of the molecule is CCNC(=NCc1ccccn1)NCCCN(C)CCOC. The van der Waals surface area contributed by atoms with E-state index in [1.54, 1.807) is 13.3 Å². The van der Waals surface area contributed by atoms with Crippen molar-refractivity contribution < 1.29 is 4.74 Å². The third-order valence-corrected chi connectivity index (χ3v) is 3.16. The van der Waals surface area contributed by atoms with Gasteiger partial charge in [0, 0.05) is 32.9 Å². The average Bonchev–Trinajstić information content (AvgIpc) is 2.55. The molecule has 22 heavy (non-hydrogen) atoms. The molecule has 0 radical (unpaired) electrons. The maximum absolute atomic E-state index is 5.07. The third kappa shape index (κ3) is 8.59. The van der Waals surface area contributed by atoms with E-state index in [4.69, 9.17) is 4.74 Å². The van der Waals surface area contributed by atoms with Crippen molar-refractivity contribution in [2.75, 3.05) is 46.9 Å². The Morgan fingerprint density at radius 2 is 2.18 bits per heavy atom. The zero-order valence-electron chi connectivity index (χ0n) is 14.0. The van der Waals surface area contributed by atoms with Gasteiger partial charge in [-0.05, 0) is 39.1 Å². The van der Waals surface area contributed by atoms with Gasteiger partial charge in [0.05, 0.1) is 18.8 Å². The predicted octanol–water partition coefficient (Wildman–Crippen LogP) is 1.11. The van der Waals surface area contributed by atoms with Crippen molar-refractivity contribution in [1.82, 2.24) is 20.5 Å². The van der Waals surface area contributed by atoms with Crippen LogP contribution in [-0.2, 0) is 11.3 Å². The van der Waals surface area contributed by atoms with Crippen LogP contribution in [0.5, 0.6) is 0 Å². The van der Waals surface area contributed by atoms with E-state index in [-0.39, 0.29) is 0 Å². The molecule has 0 fully saturated rings. The van der Waals surface area contributed by atoms with E-state index in [9.17, 15) is 0 Å². The summed E-state index contributed by atoms with van der Waals surface area (Å²) in [7, 11) is 3.84. The van der Waals surface area contributed by atoms with Crippen LogP contribution in [0.1, 0.15) is 19.0 Å². The lowest BCUT2D eigenvalue weighted by molar-refractivity contribution is 0.161. The molecule has 0 aliphatic heterocycles. The molecule has 0 spiro atoms. The Morgan fingerprint density at radius 1 is 1.32 bits per heavy atom. The van der Waals surface area contributed by atoms with Gasteiger partial charge >= 0.3 is 0 Å². The lowest BCUT2D eigenvalue weighted by Gasteiger charge is -2.16. The number of hydrogen-bond acceptors (Lipinski definition) is 4. The van der Waals surface area contributed by atoms with Crippen molar-refractivity contribution in [1.29, 1.82) is 0 Å². The number of rotatable bonds is 10. The molecule has 0 aliphatic rings. The third-order valence-electron chi connectivity index (χ3n) is 3.16. The molecule has 0 saturated carbocycles. The number of aromatic nitrogens is 1. The molecule has 0 atom stereocenters. The van der Waals surface area contributed by atoms with Crippen molar-refractivity contribution in [3.8, 4) is 0 Å². The summed E-state index contributed by atoms with van der Waals surface area (Å²) in [6, 6.07) is 5.88. The van der Waals surface area contributed by atoms with Gasteiger partial charge in [0.2, 0.25) is 0 Å². The van der Waals surface area contributed by atoms with E-state index in [2.05, 4.69) is 39.5 Å². The number of likely N-dealkylation sites (N-methyl/N-ethyl adjacent to an activating group) is 1. The van der Waals surface area contributed by atoms with E-state index in [0.29, 0.717) is 6.54 Å². The van der Waals surface area contributed by atoms with Crippen LogP contribution in [0.2, 0.25) is 0 Å². The second-order valence-corrected chi connectivity index (χ2v) is 5.09. The predicted molar refractivity (Wildman–Crippen MR) is 91.0 cm³/mol. The first-order valence-electron chi connectivity index (χ1n) is 7.85. The summed E-state index contributed by atoms with van der Waals surface area (Å²) in [4.78, 5) is 11.1. The molecule has 124 valence electrons. The smallest absolute Gasteiger partial charge is 0.191 e. The first-order chi connectivity index (χ1) is 10.8. The first-order valence-corrected chi connectivity index (χ1v) is 7.85. The number of ether oxygens (including phenoxy) is 1. The van der Waals surface area contributed by atoms with Gasteiger partial charge in [0.15, 0.2) is 5.96 Å². The monoisotopic (exact) mass is 307 g/mol. The molecule has 6 nitrogen and oxygen atoms in total. The second-order valence-electron chi connectivity index (χ2n) is 5.09. The van der Waals surface area contributed by atoms with Gasteiger partial charge in [-0.2, -0.15) is 0 Å². The summed E-state index contributed by atoms with van der Waals surface area (Å²) in [6.45, 7) is 7.17. The molecule has 1 heterocycles. The van der Waals surface area contributed by atoms with Gasteiger partial charge in [-0.15, -0.1) is 0 Å². The molecule has 0 bridgehead atoms. The zero-order valence-corrected chi connectivity index (χ0v) is 14.0. The van der Waals surface area contributed by atoms with Crippen LogP contribution in [0.4, 0.5) is 0 Å². The van der Waals surface area contributed by atoms with Crippen molar-refractivity contribution in [2.45, 2.75) is 19.9 Å². The topological polar surface area (TPSA) is 61.8 Å². The van der Waals surface area contributed by atoms with Crippen molar-refractivity contribution in [3.63, 3.8) is 0 Å². The normalized spacial score (nSPS) is 11.7. The molecule has 0 aliphatic carbocycles. The quantitative estimate of drug-likeness (QED) is 0.385. The second kappa shape index (κ2) is 11.9. The van der Waals surface area contributed by atoms with Gasteiger partial charge in [-0.25, -0.2) is 4.99 Å². The Hall–Kier alpha value is -1.66. The van der Waals surface area contributed by atoms with Crippen LogP contribution in [0.15, 0.2) is 29.4 Å². The largest absolute Gasteiger partial charge is 0.383 e. The highest BCUT2D eigenvalue weighted by molar-refractivity contribution is 5.79. The Labute approximate surface area is 134 Å². The molecule has 1 rings (SSSR count). The maximum atomic E-state index is 5.07. The van der Waals surface area contributed by atoms with Gasteiger partial charge in [-0.1, -0.05) is 6.07 Å². The molecule has 1 aromatic rings. The number of guanidine groups is 1. The van der Waals surface area contributed by atoms with Crippen LogP contribution in [0, 0.1) is 0 Å². The minimum Gasteiger partial charge on any atom is -0.383 e. The molecule has 0 unspecified atom stereocenters. The Bertz CT molecular complexity index is 410. The van der Waals surface area contributed by atoms with Gasteiger partial charge in [0.1, 0.15) is 0 Å². The molecular weight excluding hydrogens is 278 g/mol. The first kappa shape index (κ1) is 18.4. The highest BCUT2D eigenvalue weighted by atomic mass is 16.5. The summed E-state index contributed by atoms with van der Waals surface area (Å²) in [5, 5.41) is 6.61. The fraction of sp³-hybridized carbons (Fsp3) is 0.625. The minimum atomic E-state index is 0.587. The Kier molecular flexibility index (Phi) is 9.98. The molecule has 0 amide bonds. The van der Waals surface area contributed by atoms with E-state index in [0.717, 1.165) is 50.9 Å². The van der Waals surface area contributed by atoms with Crippen LogP contribution >= 0.6 is 0 Å². The van der Waals surface area contributed by atoms with E-state index < -0.39 is 0 Å². The molecule has 6 heteroatoms. The minimum absolute atomic E-state index is 0.587. The summed E-state index contributed by atoms with van der Waals surface area (Å²) < 4.78 is 5.07. The lowest BCUT2D eigenvalue weighted by Crippen LogP contribution is -2.38. The summed E-state index contributed by atoms with van der Waals surface area (Å²) in [6.07, 6.45) is 2.86. The number of methoxy groups -OCH3 is 1. The van der Waals surface area contributed by atoms with Crippen LogP contribution < -0.4 is 10.6 Å². The number of nitrogens with one attached hydrogen (secondary N) is 2. The molecule has 0 saturated heterocycles. The van der Waals surface area contributed by atoms with Gasteiger partial charge in [-0.3, -0.25) is 4.98 Å². The van der Waals surface area contributed by atoms with Gasteiger partial charge < -0.3 is 20.3 Å². The van der Waals surface area contributed by atoms with Crippen molar-refractivity contribution in [3.05, 3.63) is 30.1 Å². The van der Waals surface area contributed by atoms with E-state index in [1.165, 1.54) is 0 Å². The van der Waals surface area contributed by atoms with Crippen LogP contribution in [0.25, 0.3) is 0 Å². The fourth-order valence-electron chi connectivity index (χ4n) is 1.91. The molecule has 2 N–H and O–H groups in total. The molecular formula is C16H29N5O. The summed E-state index contributed by atoms with van der Waals surface area (Å²) in [5.41, 5.74) is 0.971. The van der Waals surface area contributed by atoms with E-state index in [1.807, 2.05) is 18.2 Å². The fourth-order valence-corrected chi connectivity index (χ4v) is 1.91. The lowest BCUT2D eigenvalue weighted by atomic mass is 10.3. The maximum Gasteiger partial charge on any atom is 0.191 e. The highest BCUT2D eigenvalue weighted by Crippen LogP contribution is 1.95. The van der Waals surface area contributed by atoms with Crippen LogP contribution in [-0.4, -0.2) is 62.8 Å². The molecule has 0 aromatic carbocycles. The number of hydrogen-bond donors (Lipinski definition) is 2. The van der Waals surface area contributed by atoms with Gasteiger partial charge in [0.25, 0.3) is 0 Å². The highest BCUT2D eigenvalue weighted by Gasteiger charge is 2.00. The Balaban J connectivity index is 2.28. The van der Waals surface area contributed by atoms with Crippen molar-refractivity contribution in [2.24, 2.45) is 4.99 Å². The zero-order chi connectivity index (χ0) is 16.0.